The Hall–Kier alpha value is -3.89. The van der Waals surface area contributed by atoms with Crippen LogP contribution in [0.5, 0.6) is 0 Å². The lowest BCUT2D eigenvalue weighted by Gasteiger charge is -2.46. The van der Waals surface area contributed by atoms with E-state index in [4.69, 9.17) is 9.47 Å². The van der Waals surface area contributed by atoms with E-state index in [2.05, 4.69) is 21.0 Å². The fourth-order valence-electron chi connectivity index (χ4n) is 4.83. The molecule has 1 heterocycles. The number of hydrogen-bond acceptors (Lipinski definition) is 12. The number of hydrogen-bond donors (Lipinski definition) is 4. The van der Waals surface area contributed by atoms with Crippen LogP contribution in [0.4, 0.5) is 0 Å². The molecule has 3 amide bonds. The van der Waals surface area contributed by atoms with E-state index in [1.54, 1.807) is 24.3 Å². The first-order valence-electron chi connectivity index (χ1n) is 14.3. The van der Waals surface area contributed by atoms with Gasteiger partial charge in [0.05, 0.1) is 18.8 Å². The molecule has 0 saturated carbocycles. The molecule has 1 aliphatic rings. The minimum absolute atomic E-state index is 0.121. The molecule has 2 aromatic carbocycles. The summed E-state index contributed by atoms with van der Waals surface area (Å²) >= 11 is 1.46. The average molecular weight is 645 g/mol. The molecular weight excluding hydrogens is 608 g/mol. The first-order valence-corrected chi connectivity index (χ1v) is 15.4. The van der Waals surface area contributed by atoms with Crippen molar-refractivity contribution in [2.45, 2.75) is 62.4 Å². The highest BCUT2D eigenvalue weighted by atomic mass is 32.2. The Labute approximate surface area is 263 Å². The number of aliphatic hydroxyl groups excluding tert-OH is 2. The van der Waals surface area contributed by atoms with E-state index in [1.165, 1.54) is 11.8 Å². The third-order valence-electron chi connectivity index (χ3n) is 7.09. The number of nitroso groups, excluding NO2 is 2. The lowest BCUT2D eigenvalue weighted by molar-refractivity contribution is -0.297. The number of carbonyl (C=O) groups excluding carboxylic acids is 4. The molecule has 3 rings (SSSR count). The molecule has 0 bridgehead atoms. The molecule has 2 aromatic rings. The topological polar surface area (TPSA) is 210 Å². The lowest BCUT2D eigenvalue weighted by Crippen LogP contribution is -2.67. The van der Waals surface area contributed by atoms with E-state index in [-0.39, 0.29) is 12.2 Å². The second-order valence-electron chi connectivity index (χ2n) is 10.3. The lowest BCUT2D eigenvalue weighted by atomic mass is 9.87. The number of amides is 3. The zero-order valence-electron chi connectivity index (χ0n) is 24.6. The van der Waals surface area contributed by atoms with Crippen LogP contribution in [0, 0.1) is 9.81 Å². The Kier molecular flexibility index (Phi) is 13.9. The molecule has 2 unspecified atom stereocenters. The van der Waals surface area contributed by atoms with Crippen molar-refractivity contribution in [1.82, 2.24) is 10.6 Å². The fourth-order valence-corrected chi connectivity index (χ4v) is 5.62. The summed E-state index contributed by atoms with van der Waals surface area (Å²) in [6, 6.07) is 13.3. The quantitative estimate of drug-likeness (QED) is 0.111. The normalized spacial score (nSPS) is 22.4. The largest absolute Gasteiger partial charge is 0.391 e. The molecule has 1 aliphatic heterocycles. The van der Waals surface area contributed by atoms with Crippen molar-refractivity contribution in [2.75, 3.05) is 24.7 Å². The number of ether oxygens (including phenoxy) is 2. The Balaban J connectivity index is 1.74. The number of carbonyl (C=O) groups is 4. The summed E-state index contributed by atoms with van der Waals surface area (Å²) in [6.45, 7) is 0.552. The van der Waals surface area contributed by atoms with E-state index in [0.717, 1.165) is 24.3 Å². The van der Waals surface area contributed by atoms with E-state index in [0.29, 0.717) is 24.3 Å². The van der Waals surface area contributed by atoms with Crippen LogP contribution in [0.1, 0.15) is 36.5 Å². The number of benzene rings is 2. The van der Waals surface area contributed by atoms with Crippen molar-refractivity contribution in [1.29, 1.82) is 0 Å². The van der Waals surface area contributed by atoms with Crippen LogP contribution in [0.15, 0.2) is 65.0 Å². The Bertz CT molecular complexity index is 1320. The zero-order valence-corrected chi connectivity index (χ0v) is 25.4. The Morgan fingerprint density at radius 3 is 2.42 bits per heavy atom. The minimum Gasteiger partial charge on any atom is -0.391 e. The van der Waals surface area contributed by atoms with Gasteiger partial charge in [0.2, 0.25) is 5.91 Å². The molecule has 0 aliphatic carbocycles. The summed E-state index contributed by atoms with van der Waals surface area (Å²) in [5, 5.41) is 32.5. The molecule has 14 nitrogen and oxygen atoms in total. The molecule has 0 aromatic heterocycles. The van der Waals surface area contributed by atoms with Crippen LogP contribution in [0.25, 0.3) is 11.1 Å². The van der Waals surface area contributed by atoms with Gasteiger partial charge in [-0.05, 0) is 41.2 Å². The van der Waals surface area contributed by atoms with Gasteiger partial charge in [-0.3, -0.25) is 14.4 Å². The molecule has 1 fully saturated rings. The number of thioether (sulfide) groups is 1. The van der Waals surface area contributed by atoms with Crippen molar-refractivity contribution < 1.29 is 38.9 Å². The predicted molar refractivity (Wildman–Crippen MR) is 165 cm³/mol. The van der Waals surface area contributed by atoms with Gasteiger partial charge in [0.1, 0.15) is 24.5 Å². The summed E-state index contributed by atoms with van der Waals surface area (Å²) in [7, 11) is 0. The monoisotopic (exact) mass is 644 g/mol. The Morgan fingerprint density at radius 2 is 1.80 bits per heavy atom. The van der Waals surface area contributed by atoms with Gasteiger partial charge in [-0.1, -0.05) is 47.6 Å². The predicted octanol–water partition coefficient (Wildman–Crippen LogP) is 1.95. The van der Waals surface area contributed by atoms with Crippen molar-refractivity contribution in [3.8, 4) is 11.1 Å². The van der Waals surface area contributed by atoms with Gasteiger partial charge in [0.25, 0.3) is 11.7 Å². The van der Waals surface area contributed by atoms with Crippen molar-refractivity contribution in [2.24, 2.45) is 10.4 Å². The molecule has 1 saturated heterocycles. The van der Waals surface area contributed by atoms with Crippen LogP contribution >= 0.6 is 11.8 Å². The van der Waals surface area contributed by atoms with Crippen molar-refractivity contribution in [3.05, 3.63) is 70.0 Å². The van der Waals surface area contributed by atoms with Crippen molar-refractivity contribution in [3.63, 3.8) is 0 Å². The maximum absolute atomic E-state index is 12.8. The third-order valence-corrected chi connectivity index (χ3v) is 8.19. The van der Waals surface area contributed by atoms with E-state index in [9.17, 15) is 39.2 Å². The summed E-state index contributed by atoms with van der Waals surface area (Å²) in [4.78, 5) is 71.1. The van der Waals surface area contributed by atoms with Crippen LogP contribution in [0.2, 0.25) is 0 Å². The van der Waals surface area contributed by atoms with Gasteiger partial charge in [-0.25, -0.2) is 0 Å². The molecule has 0 spiro atoms. The maximum atomic E-state index is 12.8. The van der Waals surface area contributed by atoms with Crippen LogP contribution in [-0.2, 0) is 23.9 Å². The highest BCUT2D eigenvalue weighted by Crippen LogP contribution is 2.35. The summed E-state index contributed by atoms with van der Waals surface area (Å²) in [6.07, 6.45) is -4.24. The second-order valence-corrected chi connectivity index (χ2v) is 11.5. The van der Waals surface area contributed by atoms with Crippen molar-refractivity contribution >= 4 is 35.8 Å². The highest BCUT2D eigenvalue weighted by Gasteiger charge is 2.56. The summed E-state index contributed by atoms with van der Waals surface area (Å²) in [5.41, 5.74) is 2.11. The van der Waals surface area contributed by atoms with E-state index < -0.39 is 66.9 Å². The standard InChI is InChI=1S/C30H36N4O10S/c1-19(36)32-25-24(37)17-30(29(40)34-42,43-14-6-16-45-15-5-13-35)44-27(25)26(38)23(33-41)18-31-28(39)22-11-9-21(10-12-22)20-7-3-2-4-8-20/h2-4,7-13,23-27,37-38H,5-6,14-18H2,1H3,(H,31,39)(H,32,36)/t23-,24?,25-,26?,27-,30-/m1/s1. The molecular formula is C30H36N4O10S. The van der Waals surface area contributed by atoms with Gasteiger partial charge >= 0.3 is 5.91 Å². The van der Waals surface area contributed by atoms with E-state index >= 15 is 0 Å². The van der Waals surface area contributed by atoms with Crippen LogP contribution < -0.4 is 10.6 Å². The van der Waals surface area contributed by atoms with Crippen LogP contribution in [-0.4, -0.2) is 95.1 Å². The molecule has 45 heavy (non-hydrogen) atoms. The molecule has 4 N–H and O–H groups in total. The summed E-state index contributed by atoms with van der Waals surface area (Å²) < 4.78 is 11.4. The minimum atomic E-state index is -2.42. The van der Waals surface area contributed by atoms with E-state index in [1.807, 2.05) is 30.3 Å². The summed E-state index contributed by atoms with van der Waals surface area (Å²) in [5.74, 6) is -3.91. The first-order chi connectivity index (χ1) is 21.7. The molecule has 242 valence electrons. The van der Waals surface area contributed by atoms with Gasteiger partial charge in [0, 0.05) is 37.1 Å². The van der Waals surface area contributed by atoms with Crippen LogP contribution in [0.3, 0.4) is 0 Å². The smallest absolute Gasteiger partial charge is 0.345 e. The Morgan fingerprint density at radius 1 is 1.11 bits per heavy atom. The third kappa shape index (κ3) is 9.80. The molecule has 15 heteroatoms. The maximum Gasteiger partial charge on any atom is 0.345 e. The molecule has 6 atom stereocenters. The average Bonchev–Trinajstić information content (AvgIpc) is 3.05. The number of rotatable bonds is 17. The number of nitrogens with one attached hydrogen (secondary N) is 2. The van der Waals surface area contributed by atoms with Gasteiger partial charge in [0.15, 0.2) is 0 Å². The fraction of sp³-hybridized carbons (Fsp3) is 0.467. The van der Waals surface area contributed by atoms with Gasteiger partial charge < -0.3 is 35.1 Å². The number of aliphatic hydroxyl groups is 2. The number of aldehydes is 1. The highest BCUT2D eigenvalue weighted by molar-refractivity contribution is 7.99. The molecule has 0 radical (unpaired) electrons. The second kappa shape index (κ2) is 17.6. The zero-order chi connectivity index (χ0) is 32.8. The SMILES string of the molecule is CC(=O)N[C@@H]1C(O)C[C@](OCCCSCCC=O)(C(=O)N=O)O[C@H]1C(O)[C@@H](CNC(=O)c1ccc(-c2ccccc2)cc1)N=O. The van der Waals surface area contributed by atoms with Gasteiger partial charge in [-0.2, -0.15) is 16.7 Å². The number of nitrogens with zero attached hydrogens (tertiary/aromatic N) is 2. The first kappa shape index (κ1) is 35.6. The van der Waals surface area contributed by atoms with Gasteiger partial charge in [-0.15, -0.1) is 4.91 Å².